The fraction of sp³-hybridized carbons (Fsp3) is 0.520. The molecule has 3 amide bonds. The van der Waals surface area contributed by atoms with Gasteiger partial charge in [-0.15, -0.1) is 0 Å². The molecular weight excluding hydrogens is 434 g/mol. The van der Waals surface area contributed by atoms with Crippen molar-refractivity contribution in [3.05, 3.63) is 36.4 Å². The van der Waals surface area contributed by atoms with Gasteiger partial charge in [-0.2, -0.15) is 5.10 Å². The summed E-state index contributed by atoms with van der Waals surface area (Å²) in [4.78, 5) is 39.5. The van der Waals surface area contributed by atoms with Crippen molar-refractivity contribution in [2.45, 2.75) is 65.0 Å². The van der Waals surface area contributed by atoms with Gasteiger partial charge >= 0.3 is 6.09 Å². The number of carbonyl (C=O) groups excluding carboxylic acids is 3. The Morgan fingerprint density at radius 3 is 2.65 bits per heavy atom. The molecule has 1 saturated heterocycles. The van der Waals surface area contributed by atoms with Crippen molar-refractivity contribution in [1.29, 1.82) is 0 Å². The van der Waals surface area contributed by atoms with Crippen LogP contribution in [-0.2, 0) is 14.3 Å². The molecule has 184 valence electrons. The average Bonchev–Trinajstić information content (AvgIpc) is 3.25. The zero-order chi connectivity index (χ0) is 24.7. The van der Waals surface area contributed by atoms with Gasteiger partial charge in [0, 0.05) is 31.1 Å². The summed E-state index contributed by atoms with van der Waals surface area (Å²) in [6.45, 7) is 8.45. The summed E-state index contributed by atoms with van der Waals surface area (Å²) >= 11 is 0. The molecule has 1 aliphatic heterocycles. The quantitative estimate of drug-likeness (QED) is 0.568. The molecule has 1 fully saturated rings. The Kier molecular flexibility index (Phi) is 8.31. The summed E-state index contributed by atoms with van der Waals surface area (Å²) in [7, 11) is 0. The predicted octanol–water partition coefficient (Wildman–Crippen LogP) is 3.95. The van der Waals surface area contributed by atoms with E-state index in [0.717, 1.165) is 24.1 Å². The number of amides is 3. The lowest BCUT2D eigenvalue weighted by atomic mass is 9.94. The average molecular weight is 470 g/mol. The maximum Gasteiger partial charge on any atom is 0.410 e. The van der Waals surface area contributed by atoms with Crippen molar-refractivity contribution in [2.24, 2.45) is 5.92 Å². The number of likely N-dealkylation sites (tertiary alicyclic amines) is 1. The minimum atomic E-state index is -0.665. The number of hydrogen-bond acceptors (Lipinski definition) is 5. The first kappa shape index (κ1) is 25.3. The Labute approximate surface area is 200 Å². The number of piperidine rings is 1. The van der Waals surface area contributed by atoms with Crippen LogP contribution in [0, 0.1) is 5.92 Å². The number of aromatic nitrogens is 2. The Morgan fingerprint density at radius 2 is 1.97 bits per heavy atom. The van der Waals surface area contributed by atoms with Crippen LogP contribution in [0.4, 0.5) is 10.6 Å². The number of ether oxygens (including phenoxy) is 1. The molecule has 0 radical (unpaired) electrons. The lowest BCUT2D eigenvalue weighted by Crippen LogP contribution is -2.46. The summed E-state index contributed by atoms with van der Waals surface area (Å²) in [6.07, 6.45) is 2.03. The fourth-order valence-electron chi connectivity index (χ4n) is 3.95. The lowest BCUT2D eigenvalue weighted by molar-refractivity contribution is -0.127. The van der Waals surface area contributed by atoms with Gasteiger partial charge in [-0.3, -0.25) is 14.7 Å². The Balaban J connectivity index is 1.50. The van der Waals surface area contributed by atoms with Gasteiger partial charge in [0.25, 0.3) is 0 Å². The molecule has 2 heterocycles. The van der Waals surface area contributed by atoms with Crippen LogP contribution in [0.5, 0.6) is 0 Å². The molecule has 0 saturated carbocycles. The van der Waals surface area contributed by atoms with E-state index in [9.17, 15) is 14.4 Å². The first-order chi connectivity index (χ1) is 16.1. The molecule has 9 heteroatoms. The van der Waals surface area contributed by atoms with Crippen LogP contribution in [0.1, 0.15) is 53.4 Å². The standard InChI is InChI=1S/C25H35N5O4/c1-5-19(23(32)27-21-15-20(28-29-21)18-11-7-6-8-12-18)26-22(31)14-17-10-9-13-30(16-17)24(33)34-25(2,3)4/h6-8,11-12,15,17,19H,5,9-10,13-14,16H2,1-4H3,(H,26,31)(H2,27,28,29,32). The summed E-state index contributed by atoms with van der Waals surface area (Å²) in [6, 6.07) is 10.7. The topological polar surface area (TPSA) is 116 Å². The Hall–Kier alpha value is -3.36. The molecule has 0 aliphatic carbocycles. The second-order valence-electron chi connectivity index (χ2n) is 9.69. The van der Waals surface area contributed by atoms with Crippen LogP contribution in [0.25, 0.3) is 11.3 Å². The molecule has 2 atom stereocenters. The number of rotatable bonds is 7. The SMILES string of the molecule is CCC(NC(=O)CC1CCCN(C(=O)OC(C)(C)C)C1)C(=O)Nc1cc(-c2ccccc2)n[nH]1. The number of nitrogens with zero attached hydrogens (tertiary/aromatic N) is 2. The van der Waals surface area contributed by atoms with E-state index in [2.05, 4.69) is 20.8 Å². The number of hydrogen-bond donors (Lipinski definition) is 3. The van der Waals surface area contributed by atoms with Gasteiger partial charge < -0.3 is 20.3 Å². The first-order valence-electron chi connectivity index (χ1n) is 11.8. The highest BCUT2D eigenvalue weighted by Gasteiger charge is 2.29. The van der Waals surface area contributed by atoms with E-state index in [1.54, 1.807) is 11.0 Å². The first-order valence-corrected chi connectivity index (χ1v) is 11.8. The maximum absolute atomic E-state index is 12.7. The predicted molar refractivity (Wildman–Crippen MR) is 130 cm³/mol. The monoisotopic (exact) mass is 469 g/mol. The van der Waals surface area contributed by atoms with Gasteiger partial charge in [-0.25, -0.2) is 4.79 Å². The van der Waals surface area contributed by atoms with E-state index in [-0.39, 0.29) is 30.2 Å². The molecule has 1 aromatic heterocycles. The summed E-state index contributed by atoms with van der Waals surface area (Å²) in [5.41, 5.74) is 1.10. The molecule has 34 heavy (non-hydrogen) atoms. The summed E-state index contributed by atoms with van der Waals surface area (Å²) < 4.78 is 5.46. The maximum atomic E-state index is 12.7. The van der Waals surface area contributed by atoms with Crippen molar-refractivity contribution in [3.63, 3.8) is 0 Å². The molecular formula is C25H35N5O4. The van der Waals surface area contributed by atoms with E-state index in [1.165, 1.54) is 0 Å². The highest BCUT2D eigenvalue weighted by atomic mass is 16.6. The number of H-pyrrole nitrogens is 1. The van der Waals surface area contributed by atoms with Crippen molar-refractivity contribution < 1.29 is 19.1 Å². The summed E-state index contributed by atoms with van der Waals surface area (Å²) in [5.74, 6) is -0.00882. The van der Waals surface area contributed by atoms with Crippen molar-refractivity contribution in [1.82, 2.24) is 20.4 Å². The molecule has 0 bridgehead atoms. The van der Waals surface area contributed by atoms with Crippen LogP contribution < -0.4 is 10.6 Å². The number of anilines is 1. The van der Waals surface area contributed by atoms with Crippen LogP contribution >= 0.6 is 0 Å². The van der Waals surface area contributed by atoms with Crippen molar-refractivity contribution in [2.75, 3.05) is 18.4 Å². The van der Waals surface area contributed by atoms with E-state index in [0.29, 0.717) is 25.3 Å². The normalized spacial score (nSPS) is 17.1. The Morgan fingerprint density at radius 1 is 1.24 bits per heavy atom. The number of carbonyl (C=O) groups is 3. The third-order valence-corrected chi connectivity index (χ3v) is 5.61. The largest absolute Gasteiger partial charge is 0.444 e. The molecule has 9 nitrogen and oxygen atoms in total. The number of aromatic amines is 1. The number of benzene rings is 1. The van der Waals surface area contributed by atoms with Gasteiger partial charge in [0.15, 0.2) is 0 Å². The molecule has 1 aromatic carbocycles. The van der Waals surface area contributed by atoms with Crippen LogP contribution in [-0.4, -0.2) is 57.7 Å². The van der Waals surface area contributed by atoms with Gasteiger partial charge in [0.05, 0.1) is 5.69 Å². The second-order valence-corrected chi connectivity index (χ2v) is 9.69. The van der Waals surface area contributed by atoms with Crippen LogP contribution in [0.2, 0.25) is 0 Å². The molecule has 3 rings (SSSR count). The van der Waals surface area contributed by atoms with E-state index < -0.39 is 11.6 Å². The fourth-order valence-corrected chi connectivity index (χ4v) is 3.95. The van der Waals surface area contributed by atoms with Crippen LogP contribution in [0.3, 0.4) is 0 Å². The minimum Gasteiger partial charge on any atom is -0.444 e. The lowest BCUT2D eigenvalue weighted by Gasteiger charge is -2.34. The third kappa shape index (κ3) is 7.33. The van der Waals surface area contributed by atoms with Gasteiger partial charge in [0.1, 0.15) is 17.5 Å². The van der Waals surface area contributed by atoms with E-state index in [4.69, 9.17) is 4.74 Å². The highest BCUT2D eigenvalue weighted by Crippen LogP contribution is 2.22. The number of nitrogens with one attached hydrogen (secondary N) is 3. The van der Waals surface area contributed by atoms with Gasteiger partial charge in [0.2, 0.25) is 11.8 Å². The summed E-state index contributed by atoms with van der Waals surface area (Å²) in [5, 5.41) is 12.7. The molecule has 0 spiro atoms. The molecule has 1 aliphatic rings. The molecule has 2 unspecified atom stereocenters. The Bertz CT molecular complexity index is 983. The van der Waals surface area contributed by atoms with Gasteiger partial charge in [-0.05, 0) is 46.0 Å². The van der Waals surface area contributed by atoms with E-state index in [1.807, 2.05) is 58.0 Å². The second kappa shape index (κ2) is 11.2. The van der Waals surface area contributed by atoms with Gasteiger partial charge in [-0.1, -0.05) is 37.3 Å². The van der Waals surface area contributed by atoms with Crippen molar-refractivity contribution in [3.8, 4) is 11.3 Å². The highest BCUT2D eigenvalue weighted by molar-refractivity contribution is 5.96. The minimum absolute atomic E-state index is 0.0304. The molecule has 3 N–H and O–H groups in total. The zero-order valence-corrected chi connectivity index (χ0v) is 20.4. The molecule has 2 aromatic rings. The third-order valence-electron chi connectivity index (χ3n) is 5.61. The van der Waals surface area contributed by atoms with Crippen LogP contribution in [0.15, 0.2) is 36.4 Å². The van der Waals surface area contributed by atoms with E-state index >= 15 is 0 Å². The smallest absolute Gasteiger partial charge is 0.410 e. The zero-order valence-electron chi connectivity index (χ0n) is 20.4. The van der Waals surface area contributed by atoms with Crippen molar-refractivity contribution >= 4 is 23.7 Å².